The van der Waals surface area contributed by atoms with E-state index < -0.39 is 12.5 Å². The molecule has 5 nitrogen and oxygen atoms in total. The maximum Gasteiger partial charge on any atom is 0.387 e. The smallest absolute Gasteiger partial charge is 0.387 e. The molecule has 2 aromatic rings. The van der Waals surface area contributed by atoms with Crippen LogP contribution in [0, 0.1) is 0 Å². The number of ether oxygens (including phenoxy) is 2. The molecule has 23 heavy (non-hydrogen) atoms. The minimum Gasteiger partial charge on any atom is -0.507 e. The molecule has 0 aliphatic rings. The van der Waals surface area contributed by atoms with Crippen molar-refractivity contribution in [1.29, 1.82) is 0 Å². The van der Waals surface area contributed by atoms with E-state index in [1.807, 2.05) is 0 Å². The lowest BCUT2D eigenvalue weighted by atomic mass is 10.1. The molecule has 7 heteroatoms. The highest BCUT2D eigenvalue weighted by Crippen LogP contribution is 2.23. The second-order valence-electron chi connectivity index (χ2n) is 4.59. The van der Waals surface area contributed by atoms with Crippen molar-refractivity contribution >= 4 is 5.91 Å². The lowest BCUT2D eigenvalue weighted by molar-refractivity contribution is -0.0498. The Morgan fingerprint density at radius 1 is 1.17 bits per heavy atom. The Balaban J connectivity index is 1.96. The van der Waals surface area contributed by atoms with Gasteiger partial charge in [0, 0.05) is 12.6 Å². The van der Waals surface area contributed by atoms with Crippen LogP contribution in [0.15, 0.2) is 42.5 Å². The summed E-state index contributed by atoms with van der Waals surface area (Å²) in [4.78, 5) is 12.0. The highest BCUT2D eigenvalue weighted by molar-refractivity contribution is 5.96. The zero-order chi connectivity index (χ0) is 16.8. The lowest BCUT2D eigenvalue weighted by Crippen LogP contribution is -2.22. The van der Waals surface area contributed by atoms with E-state index in [-0.39, 0.29) is 23.6 Å². The third kappa shape index (κ3) is 4.57. The Morgan fingerprint density at radius 3 is 2.39 bits per heavy atom. The number of carbonyl (C=O) groups excluding carboxylic acids is 1. The lowest BCUT2D eigenvalue weighted by Gasteiger charge is -2.09. The average molecular weight is 323 g/mol. The zero-order valence-electron chi connectivity index (χ0n) is 12.3. The van der Waals surface area contributed by atoms with Gasteiger partial charge in [-0.2, -0.15) is 8.78 Å². The molecule has 0 spiro atoms. The van der Waals surface area contributed by atoms with Gasteiger partial charge in [0.25, 0.3) is 5.91 Å². The molecular weight excluding hydrogens is 308 g/mol. The van der Waals surface area contributed by atoms with Gasteiger partial charge in [-0.15, -0.1) is 0 Å². The number of amides is 1. The second-order valence-corrected chi connectivity index (χ2v) is 4.59. The Kier molecular flexibility index (Phi) is 5.35. The van der Waals surface area contributed by atoms with Crippen molar-refractivity contribution in [2.45, 2.75) is 13.2 Å². The summed E-state index contributed by atoms with van der Waals surface area (Å²) in [6.07, 6.45) is 0. The van der Waals surface area contributed by atoms with E-state index in [9.17, 15) is 18.7 Å². The maximum absolute atomic E-state index is 12.0. The number of hydrogen-bond acceptors (Lipinski definition) is 4. The van der Waals surface area contributed by atoms with Crippen LogP contribution >= 0.6 is 0 Å². The van der Waals surface area contributed by atoms with Gasteiger partial charge in [-0.3, -0.25) is 4.79 Å². The number of phenolic OH excluding ortho intramolecular Hbond substituents is 1. The van der Waals surface area contributed by atoms with Crippen LogP contribution in [-0.2, 0) is 6.54 Å². The normalized spacial score (nSPS) is 10.4. The monoisotopic (exact) mass is 323 g/mol. The Hall–Kier alpha value is -2.83. The van der Waals surface area contributed by atoms with Crippen molar-refractivity contribution in [2.75, 3.05) is 7.11 Å². The molecule has 0 saturated carbocycles. The zero-order valence-corrected chi connectivity index (χ0v) is 12.3. The Morgan fingerprint density at radius 2 is 1.83 bits per heavy atom. The molecule has 2 aromatic carbocycles. The Bertz CT molecular complexity index is 674. The number of rotatable bonds is 6. The van der Waals surface area contributed by atoms with Crippen LogP contribution in [0.1, 0.15) is 15.9 Å². The third-order valence-electron chi connectivity index (χ3n) is 3.05. The van der Waals surface area contributed by atoms with Gasteiger partial charge in [0.05, 0.1) is 12.7 Å². The number of benzene rings is 2. The average Bonchev–Trinajstić information content (AvgIpc) is 2.53. The van der Waals surface area contributed by atoms with E-state index in [4.69, 9.17) is 4.74 Å². The summed E-state index contributed by atoms with van der Waals surface area (Å²) < 4.78 is 33.3. The number of nitrogens with one attached hydrogen (secondary N) is 1. The number of carbonyl (C=O) groups is 1. The van der Waals surface area contributed by atoms with Gasteiger partial charge in [-0.25, -0.2) is 0 Å². The quantitative estimate of drug-likeness (QED) is 0.858. The summed E-state index contributed by atoms with van der Waals surface area (Å²) in [6, 6.07) is 10.2. The standard InChI is InChI=1S/C16H15F2NO4/c1-22-12-6-7-13(14(20)8-12)15(21)19-9-10-2-4-11(5-3-10)23-16(17)18/h2-8,16,20H,9H2,1H3,(H,19,21). The van der Waals surface area contributed by atoms with Crippen LogP contribution in [0.5, 0.6) is 17.2 Å². The molecule has 0 atom stereocenters. The summed E-state index contributed by atoms with van der Waals surface area (Å²) in [5.74, 6) is -0.169. The minimum atomic E-state index is -2.88. The number of methoxy groups -OCH3 is 1. The molecule has 0 saturated heterocycles. The third-order valence-corrected chi connectivity index (χ3v) is 3.05. The summed E-state index contributed by atoms with van der Waals surface area (Å²) in [6.45, 7) is -2.70. The summed E-state index contributed by atoms with van der Waals surface area (Å²) >= 11 is 0. The SMILES string of the molecule is COc1ccc(C(=O)NCc2ccc(OC(F)F)cc2)c(O)c1. The predicted molar refractivity (Wildman–Crippen MR) is 78.9 cm³/mol. The summed E-state index contributed by atoms with van der Waals surface area (Å²) in [5, 5.41) is 12.4. The van der Waals surface area contributed by atoms with Gasteiger partial charge in [-0.05, 0) is 29.8 Å². The summed E-state index contributed by atoms with van der Waals surface area (Å²) in [5.41, 5.74) is 0.816. The molecule has 0 aromatic heterocycles. The highest BCUT2D eigenvalue weighted by Gasteiger charge is 2.12. The van der Waals surface area contributed by atoms with Gasteiger partial charge in [0.1, 0.15) is 17.2 Å². The van der Waals surface area contributed by atoms with Crippen LogP contribution in [0.25, 0.3) is 0 Å². The van der Waals surface area contributed by atoms with Crippen molar-refractivity contribution in [3.63, 3.8) is 0 Å². The molecule has 0 unspecified atom stereocenters. The molecule has 0 radical (unpaired) electrons. The topological polar surface area (TPSA) is 67.8 Å². The minimum absolute atomic E-state index is 0.0443. The fourth-order valence-corrected chi connectivity index (χ4v) is 1.90. The Labute approximate surface area is 131 Å². The van der Waals surface area contributed by atoms with Crippen LogP contribution < -0.4 is 14.8 Å². The van der Waals surface area contributed by atoms with Crippen LogP contribution in [0.4, 0.5) is 8.78 Å². The van der Waals surface area contributed by atoms with Gasteiger partial charge in [0.15, 0.2) is 0 Å². The van der Waals surface area contributed by atoms with Gasteiger partial charge in [0.2, 0.25) is 0 Å². The number of hydrogen-bond donors (Lipinski definition) is 2. The molecule has 2 rings (SSSR count). The largest absolute Gasteiger partial charge is 0.507 e. The molecule has 0 heterocycles. The van der Waals surface area contributed by atoms with Crippen LogP contribution in [0.3, 0.4) is 0 Å². The first-order valence-electron chi connectivity index (χ1n) is 6.68. The van der Waals surface area contributed by atoms with Crippen molar-refractivity contribution in [3.8, 4) is 17.2 Å². The first kappa shape index (κ1) is 16.5. The number of alkyl halides is 2. The molecule has 0 aliphatic carbocycles. The van der Waals surface area contributed by atoms with Crippen molar-refractivity contribution in [3.05, 3.63) is 53.6 Å². The first-order chi connectivity index (χ1) is 11.0. The molecule has 0 fully saturated rings. The molecule has 2 N–H and O–H groups in total. The molecule has 1 amide bonds. The van der Waals surface area contributed by atoms with Gasteiger partial charge >= 0.3 is 6.61 Å². The highest BCUT2D eigenvalue weighted by atomic mass is 19.3. The van der Waals surface area contributed by atoms with Crippen molar-refractivity contribution < 1.29 is 28.2 Å². The van der Waals surface area contributed by atoms with Gasteiger partial charge in [-0.1, -0.05) is 12.1 Å². The van der Waals surface area contributed by atoms with Gasteiger partial charge < -0.3 is 19.9 Å². The molecule has 0 aliphatic heterocycles. The number of halogens is 2. The van der Waals surface area contributed by atoms with E-state index in [2.05, 4.69) is 10.1 Å². The van der Waals surface area contributed by atoms with E-state index in [0.717, 1.165) is 0 Å². The van der Waals surface area contributed by atoms with Crippen molar-refractivity contribution in [2.24, 2.45) is 0 Å². The van der Waals surface area contributed by atoms with Crippen LogP contribution in [0.2, 0.25) is 0 Å². The number of aromatic hydroxyl groups is 1. The molecule has 122 valence electrons. The predicted octanol–water partition coefficient (Wildman–Crippen LogP) is 2.93. The fraction of sp³-hybridized carbons (Fsp3) is 0.188. The van der Waals surface area contributed by atoms with E-state index in [0.29, 0.717) is 11.3 Å². The number of phenols is 1. The molecular formula is C16H15F2NO4. The van der Waals surface area contributed by atoms with E-state index >= 15 is 0 Å². The summed E-state index contributed by atoms with van der Waals surface area (Å²) in [7, 11) is 1.45. The molecule has 0 bridgehead atoms. The van der Waals surface area contributed by atoms with E-state index in [1.165, 1.54) is 31.4 Å². The van der Waals surface area contributed by atoms with E-state index in [1.54, 1.807) is 18.2 Å². The van der Waals surface area contributed by atoms with Crippen LogP contribution in [-0.4, -0.2) is 24.7 Å². The van der Waals surface area contributed by atoms with Crippen molar-refractivity contribution in [1.82, 2.24) is 5.32 Å². The fourth-order valence-electron chi connectivity index (χ4n) is 1.90. The second kappa shape index (κ2) is 7.44. The maximum atomic E-state index is 12.0. The first-order valence-corrected chi connectivity index (χ1v) is 6.68.